The van der Waals surface area contributed by atoms with E-state index in [2.05, 4.69) is 16.0 Å². The van der Waals surface area contributed by atoms with Crippen LogP contribution >= 0.6 is 11.8 Å². The molecule has 0 bridgehead atoms. The van der Waals surface area contributed by atoms with Gasteiger partial charge in [-0.3, -0.25) is 9.59 Å². The molecular weight excluding hydrogens is 646 g/mol. The zero-order valence-corrected chi connectivity index (χ0v) is 28.9. The van der Waals surface area contributed by atoms with Gasteiger partial charge in [-0.2, -0.15) is 0 Å². The third kappa shape index (κ3) is 9.73. The summed E-state index contributed by atoms with van der Waals surface area (Å²) >= 11 is 1.28. The first-order valence-electron chi connectivity index (χ1n) is 16.3. The molecule has 0 saturated carbocycles. The number of aliphatic hydroxyl groups excluding tert-OH is 2. The van der Waals surface area contributed by atoms with Crippen molar-refractivity contribution in [2.75, 3.05) is 51.9 Å². The van der Waals surface area contributed by atoms with Crippen molar-refractivity contribution in [3.05, 3.63) is 77.9 Å². The Hall–Kier alpha value is -4.14. The van der Waals surface area contributed by atoms with Crippen LogP contribution in [0, 0.1) is 0 Å². The first-order chi connectivity index (χ1) is 23.5. The third-order valence-electron chi connectivity index (χ3n) is 8.44. The summed E-state index contributed by atoms with van der Waals surface area (Å²) in [5.74, 6) is 0.106. The molecule has 1 fully saturated rings. The van der Waals surface area contributed by atoms with Gasteiger partial charge in [0.25, 0.3) is 5.91 Å². The van der Waals surface area contributed by atoms with Gasteiger partial charge in [0.2, 0.25) is 5.91 Å². The van der Waals surface area contributed by atoms with E-state index in [1.165, 1.54) is 11.8 Å². The molecule has 3 aromatic carbocycles. The van der Waals surface area contributed by atoms with Crippen LogP contribution in [0.25, 0.3) is 11.1 Å². The largest absolute Gasteiger partial charge is 0.497 e. The van der Waals surface area contributed by atoms with Gasteiger partial charge in [-0.1, -0.05) is 60.3 Å². The molecule has 5 N–H and O–H groups in total. The van der Waals surface area contributed by atoms with E-state index < -0.39 is 17.0 Å². The second-order valence-corrected chi connectivity index (χ2v) is 13.9. The molecule has 0 spiro atoms. The standard InChI is InChI=1S/C36H45N5O7S/c1-36(2,37-20-27(43)23-42)19-32(44)39-33-34(45)41(22-26-12-13-28(47-3)18-31(26)49-33)21-24-8-10-25(11-9-24)29-6-4-5-7-30(29)38-35(46)40-14-16-48-17-15-40/h4-13,18,27,33,37,42-43H,14-17,19-23H2,1-3H3,(H,38,46)(H,39,44)/t27-,33+/m0/s1. The minimum Gasteiger partial charge on any atom is -0.497 e. The van der Waals surface area contributed by atoms with Crippen LogP contribution in [0.5, 0.6) is 5.75 Å². The summed E-state index contributed by atoms with van der Waals surface area (Å²) in [7, 11) is 1.59. The fourth-order valence-corrected chi connectivity index (χ4v) is 6.85. The second-order valence-electron chi connectivity index (χ2n) is 12.8. The number of nitrogens with one attached hydrogen (secondary N) is 3. The van der Waals surface area contributed by atoms with Gasteiger partial charge >= 0.3 is 6.03 Å². The van der Waals surface area contributed by atoms with Crippen molar-refractivity contribution >= 4 is 35.3 Å². The monoisotopic (exact) mass is 691 g/mol. The van der Waals surface area contributed by atoms with Crippen LogP contribution in [0.4, 0.5) is 10.5 Å². The number of ether oxygens (including phenoxy) is 2. The molecule has 262 valence electrons. The number of para-hydroxylation sites is 1. The average Bonchev–Trinajstić information content (AvgIpc) is 3.22. The van der Waals surface area contributed by atoms with Gasteiger partial charge in [0.1, 0.15) is 5.75 Å². The van der Waals surface area contributed by atoms with E-state index in [0.29, 0.717) is 50.8 Å². The molecule has 0 radical (unpaired) electrons. The lowest BCUT2D eigenvalue weighted by Crippen LogP contribution is -2.50. The van der Waals surface area contributed by atoms with Crippen LogP contribution in [0.2, 0.25) is 0 Å². The number of amides is 4. The number of β-amino-alcohol motifs (C(OH)–C–C–N with tert-alkyl or cyclic N) is 1. The topological polar surface area (TPSA) is 153 Å². The molecule has 49 heavy (non-hydrogen) atoms. The zero-order chi connectivity index (χ0) is 35.0. The highest BCUT2D eigenvalue weighted by atomic mass is 32.2. The Morgan fingerprint density at radius 3 is 2.53 bits per heavy atom. The fraction of sp³-hybridized carbons (Fsp3) is 0.417. The molecule has 3 aromatic rings. The van der Waals surface area contributed by atoms with E-state index in [9.17, 15) is 19.5 Å². The summed E-state index contributed by atoms with van der Waals surface area (Å²) in [6.45, 7) is 6.20. The van der Waals surface area contributed by atoms with Crippen LogP contribution in [0.1, 0.15) is 31.4 Å². The van der Waals surface area contributed by atoms with Gasteiger partial charge in [0.05, 0.1) is 38.7 Å². The Balaban J connectivity index is 1.31. The number of anilines is 1. The summed E-state index contributed by atoms with van der Waals surface area (Å²) in [6.07, 6.45) is -0.887. The van der Waals surface area contributed by atoms with Crippen molar-refractivity contribution in [3.63, 3.8) is 0 Å². The van der Waals surface area contributed by atoms with E-state index in [1.54, 1.807) is 16.9 Å². The molecule has 12 nitrogen and oxygen atoms in total. The maximum Gasteiger partial charge on any atom is 0.322 e. The minimum atomic E-state index is -0.939. The summed E-state index contributed by atoms with van der Waals surface area (Å²) in [4.78, 5) is 44.5. The summed E-state index contributed by atoms with van der Waals surface area (Å²) in [5.41, 5.74) is 3.67. The number of aliphatic hydroxyl groups is 2. The number of carbonyl (C=O) groups is 3. The Morgan fingerprint density at radius 2 is 1.82 bits per heavy atom. The lowest BCUT2D eigenvalue weighted by Gasteiger charge is -2.29. The molecule has 2 aliphatic rings. The number of hydrogen-bond donors (Lipinski definition) is 5. The SMILES string of the molecule is COc1ccc2c(c1)S[C@@H](NC(=O)CC(C)(C)NC[C@H](O)CO)C(=O)N(Cc1ccc(-c3ccccc3NC(=O)N3CCOCC3)cc1)C2. The van der Waals surface area contributed by atoms with Crippen LogP contribution in [0.3, 0.4) is 0 Å². The zero-order valence-electron chi connectivity index (χ0n) is 28.1. The van der Waals surface area contributed by atoms with E-state index in [4.69, 9.17) is 14.6 Å². The Labute approximate surface area is 291 Å². The smallest absolute Gasteiger partial charge is 0.322 e. The third-order valence-corrected chi connectivity index (χ3v) is 9.63. The normalized spacial score (nSPS) is 17.2. The molecule has 2 aliphatic heterocycles. The number of benzene rings is 3. The molecule has 5 rings (SSSR count). The van der Waals surface area contributed by atoms with Crippen molar-refractivity contribution in [3.8, 4) is 16.9 Å². The van der Waals surface area contributed by atoms with Crippen LogP contribution in [0.15, 0.2) is 71.6 Å². The highest BCUT2D eigenvalue weighted by molar-refractivity contribution is 8.00. The van der Waals surface area contributed by atoms with Crippen LogP contribution < -0.4 is 20.7 Å². The van der Waals surface area contributed by atoms with E-state index in [0.717, 1.165) is 27.1 Å². The average molecular weight is 692 g/mol. The van der Waals surface area contributed by atoms with Gasteiger partial charge in [-0.25, -0.2) is 4.79 Å². The van der Waals surface area contributed by atoms with Crippen molar-refractivity contribution in [1.82, 2.24) is 20.4 Å². The summed E-state index contributed by atoms with van der Waals surface area (Å²) in [6, 6.07) is 21.1. The number of nitrogens with zero attached hydrogens (tertiary/aromatic N) is 2. The maximum absolute atomic E-state index is 14.0. The number of methoxy groups -OCH3 is 1. The lowest BCUT2D eigenvalue weighted by atomic mass is 10.00. The highest BCUT2D eigenvalue weighted by Crippen LogP contribution is 2.35. The number of hydrogen-bond acceptors (Lipinski definition) is 9. The molecule has 0 aromatic heterocycles. The number of thioether (sulfide) groups is 1. The Morgan fingerprint density at radius 1 is 1.08 bits per heavy atom. The maximum atomic E-state index is 14.0. The predicted octanol–water partition coefficient (Wildman–Crippen LogP) is 3.41. The Kier molecular flexibility index (Phi) is 12.2. The quantitative estimate of drug-likeness (QED) is 0.192. The molecule has 1 saturated heterocycles. The van der Waals surface area contributed by atoms with Crippen molar-refractivity contribution in [1.29, 1.82) is 0 Å². The van der Waals surface area contributed by atoms with Crippen molar-refractivity contribution in [2.24, 2.45) is 0 Å². The summed E-state index contributed by atoms with van der Waals surface area (Å²) in [5, 5.41) is 27.1. The number of urea groups is 1. The van der Waals surface area contributed by atoms with Crippen LogP contribution in [-0.2, 0) is 27.4 Å². The summed E-state index contributed by atoms with van der Waals surface area (Å²) < 4.78 is 10.8. The van der Waals surface area contributed by atoms with E-state index in [1.807, 2.05) is 80.6 Å². The molecular formula is C36H45N5O7S. The second kappa shape index (κ2) is 16.5. The van der Waals surface area contributed by atoms with Crippen molar-refractivity contribution < 1.29 is 34.1 Å². The lowest BCUT2D eigenvalue weighted by molar-refractivity contribution is -0.135. The highest BCUT2D eigenvalue weighted by Gasteiger charge is 2.33. The van der Waals surface area contributed by atoms with Gasteiger partial charge in [-0.15, -0.1) is 0 Å². The predicted molar refractivity (Wildman–Crippen MR) is 188 cm³/mol. The molecule has 0 aliphatic carbocycles. The molecule has 0 unspecified atom stereocenters. The molecule has 13 heteroatoms. The van der Waals surface area contributed by atoms with Crippen LogP contribution in [-0.4, -0.2) is 101 Å². The van der Waals surface area contributed by atoms with Crippen molar-refractivity contribution in [2.45, 2.75) is 55.3 Å². The minimum absolute atomic E-state index is 0.0519. The Bertz CT molecular complexity index is 1610. The van der Waals surface area contributed by atoms with Gasteiger partial charge in [0.15, 0.2) is 5.37 Å². The molecule has 2 atom stereocenters. The van der Waals surface area contributed by atoms with Gasteiger partial charge in [0, 0.05) is 55.1 Å². The van der Waals surface area contributed by atoms with E-state index in [-0.39, 0.29) is 37.4 Å². The number of carbonyl (C=O) groups excluding carboxylic acids is 3. The fourth-order valence-electron chi connectivity index (χ4n) is 5.69. The van der Waals surface area contributed by atoms with E-state index >= 15 is 0 Å². The molecule has 2 heterocycles. The van der Waals surface area contributed by atoms with Gasteiger partial charge in [-0.05, 0) is 48.7 Å². The number of fused-ring (bicyclic) bond motifs is 1. The molecule has 4 amide bonds. The number of morpholine rings is 1. The number of rotatable bonds is 12. The first kappa shape index (κ1) is 36.1. The van der Waals surface area contributed by atoms with Gasteiger partial charge < -0.3 is 45.4 Å². The first-order valence-corrected chi connectivity index (χ1v) is 17.2.